The lowest BCUT2D eigenvalue weighted by Crippen LogP contribution is -2.10. The largest absolute Gasteiger partial charge is 0.329 e. The van der Waals surface area contributed by atoms with E-state index in [2.05, 4.69) is 43.4 Å². The molecule has 2 heteroatoms. The molecule has 0 N–H and O–H groups in total. The van der Waals surface area contributed by atoms with Gasteiger partial charge in [0, 0.05) is 23.9 Å². The molecule has 0 aliphatic heterocycles. The van der Waals surface area contributed by atoms with Crippen molar-refractivity contribution >= 4 is 0 Å². The highest BCUT2D eigenvalue weighted by Crippen LogP contribution is 2.41. The molecule has 1 aliphatic rings. The van der Waals surface area contributed by atoms with Gasteiger partial charge in [-0.25, -0.2) is 4.98 Å². The first-order valence-electron chi connectivity index (χ1n) is 5.68. The summed E-state index contributed by atoms with van der Waals surface area (Å²) in [5, 5.41) is 0. The predicted molar refractivity (Wildman–Crippen MR) is 58.7 cm³/mol. The number of aromatic nitrogens is 2. The summed E-state index contributed by atoms with van der Waals surface area (Å²) in [5.74, 6) is 2.66. The first-order valence-corrected chi connectivity index (χ1v) is 5.68. The Morgan fingerprint density at radius 3 is 2.36 bits per heavy atom. The van der Waals surface area contributed by atoms with Crippen LogP contribution < -0.4 is 0 Å². The van der Waals surface area contributed by atoms with Crippen LogP contribution in [0.2, 0.25) is 0 Å². The molecule has 0 aromatic carbocycles. The summed E-state index contributed by atoms with van der Waals surface area (Å²) < 4.78 is 2.43. The normalized spacial score (nSPS) is 17.0. The van der Waals surface area contributed by atoms with E-state index in [1.165, 1.54) is 24.4 Å². The van der Waals surface area contributed by atoms with Gasteiger partial charge in [-0.15, -0.1) is 0 Å². The van der Waals surface area contributed by atoms with Crippen molar-refractivity contribution in [3.05, 3.63) is 17.7 Å². The summed E-state index contributed by atoms with van der Waals surface area (Å²) >= 11 is 0. The molecule has 0 amide bonds. The number of hydrogen-bond acceptors (Lipinski definition) is 1. The van der Waals surface area contributed by atoms with Crippen LogP contribution >= 0.6 is 0 Å². The quantitative estimate of drug-likeness (QED) is 0.717. The summed E-state index contributed by atoms with van der Waals surface area (Å²) in [6, 6.07) is 0.547. The third-order valence-corrected chi connectivity index (χ3v) is 2.90. The first-order chi connectivity index (χ1) is 6.61. The van der Waals surface area contributed by atoms with E-state index in [-0.39, 0.29) is 0 Å². The Bertz CT molecular complexity index is 300. The lowest BCUT2D eigenvalue weighted by atomic mass is 10.1. The van der Waals surface area contributed by atoms with Crippen molar-refractivity contribution in [1.29, 1.82) is 0 Å². The van der Waals surface area contributed by atoms with Crippen LogP contribution in [0.15, 0.2) is 6.20 Å². The molecule has 1 aromatic rings. The lowest BCUT2D eigenvalue weighted by Gasteiger charge is -2.17. The minimum atomic E-state index is 0.547. The number of hydrogen-bond donors (Lipinski definition) is 0. The van der Waals surface area contributed by atoms with Crippen LogP contribution in [0, 0.1) is 0 Å². The fraction of sp³-hybridized carbons (Fsp3) is 0.750. The zero-order valence-corrected chi connectivity index (χ0v) is 9.62. The maximum Gasteiger partial charge on any atom is 0.112 e. The molecule has 0 saturated heterocycles. The van der Waals surface area contributed by atoms with Crippen molar-refractivity contribution in [1.82, 2.24) is 9.55 Å². The molecule has 2 nitrogen and oxygen atoms in total. The van der Waals surface area contributed by atoms with Crippen molar-refractivity contribution in [3.63, 3.8) is 0 Å². The van der Waals surface area contributed by atoms with E-state index in [1.54, 1.807) is 0 Å². The predicted octanol–water partition coefficient (Wildman–Crippen LogP) is 3.46. The molecule has 1 aliphatic carbocycles. The summed E-state index contributed by atoms with van der Waals surface area (Å²) in [7, 11) is 0. The summed E-state index contributed by atoms with van der Waals surface area (Å²) in [4.78, 5) is 4.58. The first kappa shape index (κ1) is 9.75. The van der Waals surface area contributed by atoms with Crippen molar-refractivity contribution in [2.24, 2.45) is 0 Å². The van der Waals surface area contributed by atoms with Gasteiger partial charge in [0.2, 0.25) is 0 Å². The summed E-state index contributed by atoms with van der Waals surface area (Å²) in [5.41, 5.74) is 1.39. The molecule has 0 bridgehead atoms. The number of nitrogens with zero attached hydrogens (tertiary/aromatic N) is 2. The minimum absolute atomic E-state index is 0.547. The second-order valence-electron chi connectivity index (χ2n) is 4.93. The molecule has 1 fully saturated rings. The molecular formula is C12H20N2. The monoisotopic (exact) mass is 192 g/mol. The average molecular weight is 192 g/mol. The highest BCUT2D eigenvalue weighted by atomic mass is 15.1. The molecule has 0 spiro atoms. The van der Waals surface area contributed by atoms with E-state index < -0.39 is 0 Å². The van der Waals surface area contributed by atoms with Crippen LogP contribution in [0.25, 0.3) is 0 Å². The second-order valence-corrected chi connectivity index (χ2v) is 4.93. The van der Waals surface area contributed by atoms with Crippen molar-refractivity contribution in [2.75, 3.05) is 0 Å². The number of rotatable bonds is 3. The zero-order chi connectivity index (χ0) is 10.3. The summed E-state index contributed by atoms with van der Waals surface area (Å²) in [6.07, 6.45) is 4.74. The van der Waals surface area contributed by atoms with Crippen LogP contribution in [0.4, 0.5) is 0 Å². The van der Waals surface area contributed by atoms with Gasteiger partial charge >= 0.3 is 0 Å². The third-order valence-electron chi connectivity index (χ3n) is 2.90. The fourth-order valence-corrected chi connectivity index (χ4v) is 2.02. The van der Waals surface area contributed by atoms with Gasteiger partial charge in [-0.1, -0.05) is 13.8 Å². The second kappa shape index (κ2) is 3.41. The molecule has 1 aromatic heterocycles. The van der Waals surface area contributed by atoms with Crippen LogP contribution in [0.1, 0.15) is 69.9 Å². The zero-order valence-electron chi connectivity index (χ0n) is 9.62. The van der Waals surface area contributed by atoms with E-state index in [1.807, 2.05) is 0 Å². The van der Waals surface area contributed by atoms with E-state index >= 15 is 0 Å². The molecule has 0 radical (unpaired) electrons. The molecule has 14 heavy (non-hydrogen) atoms. The van der Waals surface area contributed by atoms with Gasteiger partial charge in [0.05, 0.1) is 0 Å². The molecule has 1 saturated carbocycles. The summed E-state index contributed by atoms with van der Waals surface area (Å²) in [6.45, 7) is 8.98. The Morgan fingerprint density at radius 1 is 1.29 bits per heavy atom. The Labute approximate surface area is 86.3 Å². The van der Waals surface area contributed by atoms with Crippen LogP contribution in [0.5, 0.6) is 0 Å². The van der Waals surface area contributed by atoms with Crippen molar-refractivity contribution < 1.29 is 0 Å². The molecule has 2 rings (SSSR count). The Hall–Kier alpha value is -0.790. The van der Waals surface area contributed by atoms with E-state index in [4.69, 9.17) is 0 Å². The third kappa shape index (κ3) is 1.58. The van der Waals surface area contributed by atoms with Crippen LogP contribution in [-0.4, -0.2) is 9.55 Å². The number of imidazole rings is 1. The highest BCUT2D eigenvalue weighted by Gasteiger charge is 2.30. The topological polar surface area (TPSA) is 17.8 Å². The van der Waals surface area contributed by atoms with Crippen LogP contribution in [-0.2, 0) is 0 Å². The Morgan fingerprint density at radius 2 is 1.93 bits per heavy atom. The van der Waals surface area contributed by atoms with Gasteiger partial charge < -0.3 is 4.57 Å². The van der Waals surface area contributed by atoms with Gasteiger partial charge in [0.25, 0.3) is 0 Å². The van der Waals surface area contributed by atoms with E-state index in [9.17, 15) is 0 Å². The average Bonchev–Trinajstić information content (AvgIpc) is 2.83. The van der Waals surface area contributed by atoms with Gasteiger partial charge in [-0.2, -0.15) is 0 Å². The molecule has 0 atom stereocenters. The van der Waals surface area contributed by atoms with Crippen molar-refractivity contribution in [2.45, 2.75) is 58.4 Å². The standard InChI is InChI=1S/C12H20N2/c1-8(2)11-7-13-12(10-5-6-10)14(11)9(3)4/h7-10H,5-6H2,1-4H3. The van der Waals surface area contributed by atoms with E-state index in [0.29, 0.717) is 12.0 Å². The minimum Gasteiger partial charge on any atom is -0.329 e. The van der Waals surface area contributed by atoms with Gasteiger partial charge in [-0.05, 0) is 32.6 Å². The highest BCUT2D eigenvalue weighted by molar-refractivity contribution is 5.17. The lowest BCUT2D eigenvalue weighted by molar-refractivity contribution is 0.533. The Kier molecular flexibility index (Phi) is 2.38. The fourth-order valence-electron chi connectivity index (χ4n) is 2.02. The SMILES string of the molecule is CC(C)c1cnc(C2CC2)n1C(C)C. The van der Waals surface area contributed by atoms with Crippen molar-refractivity contribution in [3.8, 4) is 0 Å². The maximum absolute atomic E-state index is 4.58. The van der Waals surface area contributed by atoms with Gasteiger partial charge in [-0.3, -0.25) is 0 Å². The van der Waals surface area contributed by atoms with E-state index in [0.717, 1.165) is 5.92 Å². The maximum atomic E-state index is 4.58. The smallest absolute Gasteiger partial charge is 0.112 e. The molecular weight excluding hydrogens is 172 g/mol. The molecule has 1 heterocycles. The molecule has 0 unspecified atom stereocenters. The van der Waals surface area contributed by atoms with Crippen LogP contribution in [0.3, 0.4) is 0 Å². The molecule has 78 valence electrons. The van der Waals surface area contributed by atoms with Gasteiger partial charge in [0.15, 0.2) is 0 Å². The van der Waals surface area contributed by atoms with Gasteiger partial charge in [0.1, 0.15) is 5.82 Å². The Balaban J connectivity index is 2.41.